The molecule has 0 unspecified atom stereocenters. The Morgan fingerprint density at radius 3 is 2.05 bits per heavy atom. The summed E-state index contributed by atoms with van der Waals surface area (Å²) in [5.74, 6) is -4.34. The summed E-state index contributed by atoms with van der Waals surface area (Å²) < 4.78 is 78.9. The first-order valence-corrected chi connectivity index (χ1v) is 10.9. The number of nitro groups is 1. The summed E-state index contributed by atoms with van der Waals surface area (Å²) in [6.07, 6.45) is -5.47. The molecule has 0 aromatic heterocycles. The van der Waals surface area contributed by atoms with E-state index in [-0.39, 0.29) is 41.7 Å². The molecule has 37 heavy (non-hydrogen) atoms. The highest BCUT2D eigenvalue weighted by Gasteiger charge is 2.41. The largest absolute Gasteiger partial charge is 0.432 e. The van der Waals surface area contributed by atoms with Crippen molar-refractivity contribution in [2.75, 3.05) is 13.2 Å². The standard InChI is InChI=1S/C25H19F4NO7/c1-14-12-34-24(35-13-14)16-10-20(26)22(21(27)11-16)25(28,29)37-19-6-2-15(3-7-19)23(31)36-18-8-4-17(5-9-18)30(32)33/h2-11,14,24H,12-13H2,1H3. The molecule has 1 saturated heterocycles. The lowest BCUT2D eigenvalue weighted by Gasteiger charge is -2.28. The number of alkyl halides is 2. The third-order valence-corrected chi connectivity index (χ3v) is 5.29. The lowest BCUT2D eigenvalue weighted by Crippen LogP contribution is -2.27. The molecule has 12 heteroatoms. The van der Waals surface area contributed by atoms with Gasteiger partial charge in [0.15, 0.2) is 6.29 Å². The van der Waals surface area contributed by atoms with Gasteiger partial charge in [0.2, 0.25) is 0 Å². The normalized spacial score (nSPS) is 17.8. The molecule has 0 saturated carbocycles. The van der Waals surface area contributed by atoms with Gasteiger partial charge in [0.25, 0.3) is 5.69 Å². The van der Waals surface area contributed by atoms with Crippen LogP contribution in [0, 0.1) is 27.7 Å². The van der Waals surface area contributed by atoms with Gasteiger partial charge in [-0.3, -0.25) is 10.1 Å². The van der Waals surface area contributed by atoms with Crippen molar-refractivity contribution in [3.63, 3.8) is 0 Å². The predicted octanol–water partition coefficient (Wildman–Crippen LogP) is 5.90. The Morgan fingerprint density at radius 2 is 1.51 bits per heavy atom. The van der Waals surface area contributed by atoms with Crippen molar-refractivity contribution in [1.29, 1.82) is 0 Å². The maximum Gasteiger partial charge on any atom is 0.432 e. The summed E-state index contributed by atoms with van der Waals surface area (Å²) in [6, 6.07) is 10.3. The Labute approximate surface area is 207 Å². The average Bonchev–Trinajstić information content (AvgIpc) is 2.84. The Bertz CT molecular complexity index is 1270. The van der Waals surface area contributed by atoms with Crippen LogP contribution in [0.25, 0.3) is 0 Å². The number of hydrogen-bond donors (Lipinski definition) is 0. The van der Waals surface area contributed by atoms with E-state index in [4.69, 9.17) is 14.2 Å². The van der Waals surface area contributed by atoms with Crippen LogP contribution in [0.1, 0.15) is 34.7 Å². The third-order valence-electron chi connectivity index (χ3n) is 5.29. The first kappa shape index (κ1) is 26.0. The molecule has 0 bridgehead atoms. The monoisotopic (exact) mass is 521 g/mol. The minimum atomic E-state index is -4.39. The summed E-state index contributed by atoms with van der Waals surface area (Å²) in [5, 5.41) is 10.7. The van der Waals surface area contributed by atoms with Gasteiger partial charge in [0, 0.05) is 23.6 Å². The molecule has 0 aliphatic carbocycles. The van der Waals surface area contributed by atoms with E-state index in [2.05, 4.69) is 4.74 Å². The fourth-order valence-electron chi connectivity index (χ4n) is 3.46. The summed E-state index contributed by atoms with van der Waals surface area (Å²) in [7, 11) is 0. The van der Waals surface area contributed by atoms with E-state index in [1.165, 1.54) is 12.1 Å². The van der Waals surface area contributed by atoms with Crippen molar-refractivity contribution in [3.8, 4) is 11.5 Å². The molecule has 1 aliphatic rings. The van der Waals surface area contributed by atoms with E-state index in [1.807, 2.05) is 6.92 Å². The minimum absolute atomic E-state index is 0.0235. The van der Waals surface area contributed by atoms with Gasteiger partial charge in [-0.05, 0) is 48.5 Å². The lowest BCUT2D eigenvalue weighted by molar-refractivity contribution is -0.384. The van der Waals surface area contributed by atoms with Gasteiger partial charge in [0.05, 0.1) is 23.7 Å². The van der Waals surface area contributed by atoms with Crippen molar-refractivity contribution >= 4 is 11.7 Å². The molecule has 194 valence electrons. The number of carbonyl (C=O) groups is 1. The predicted molar refractivity (Wildman–Crippen MR) is 119 cm³/mol. The number of nitro benzene ring substituents is 1. The number of non-ortho nitro benzene ring substituents is 1. The molecule has 3 aromatic carbocycles. The van der Waals surface area contributed by atoms with Crippen LogP contribution in [0.5, 0.6) is 11.5 Å². The Hall–Kier alpha value is -4.03. The number of esters is 1. The molecule has 0 spiro atoms. The molecule has 1 fully saturated rings. The zero-order valence-electron chi connectivity index (χ0n) is 19.2. The van der Waals surface area contributed by atoms with Crippen molar-refractivity contribution in [3.05, 3.63) is 99.1 Å². The van der Waals surface area contributed by atoms with Crippen molar-refractivity contribution < 1.29 is 46.2 Å². The van der Waals surface area contributed by atoms with Crippen molar-refractivity contribution in [2.24, 2.45) is 5.92 Å². The molecule has 1 aliphatic heterocycles. The van der Waals surface area contributed by atoms with Crippen LogP contribution in [0.4, 0.5) is 23.2 Å². The highest BCUT2D eigenvalue weighted by atomic mass is 19.3. The van der Waals surface area contributed by atoms with Crippen LogP contribution in [0.3, 0.4) is 0 Å². The molecule has 3 aromatic rings. The third kappa shape index (κ3) is 6.04. The van der Waals surface area contributed by atoms with Gasteiger partial charge in [-0.2, -0.15) is 8.78 Å². The quantitative estimate of drug-likeness (QED) is 0.126. The molecule has 4 rings (SSSR count). The highest BCUT2D eigenvalue weighted by Crippen LogP contribution is 2.37. The van der Waals surface area contributed by atoms with Gasteiger partial charge >= 0.3 is 12.1 Å². The zero-order valence-corrected chi connectivity index (χ0v) is 19.2. The first-order valence-electron chi connectivity index (χ1n) is 10.9. The van der Waals surface area contributed by atoms with Gasteiger partial charge in [-0.1, -0.05) is 6.92 Å². The molecule has 0 radical (unpaired) electrons. The fraction of sp³-hybridized carbons (Fsp3) is 0.240. The number of ether oxygens (including phenoxy) is 4. The molecule has 0 amide bonds. The summed E-state index contributed by atoms with van der Waals surface area (Å²) >= 11 is 0. The molecule has 1 heterocycles. The van der Waals surface area contributed by atoms with Crippen LogP contribution in [0.15, 0.2) is 60.7 Å². The SMILES string of the molecule is CC1COC(c2cc(F)c(C(F)(F)Oc3ccc(C(=O)Oc4ccc([N+](=O)[O-])cc4)cc3)c(F)c2)OC1. The van der Waals surface area contributed by atoms with Crippen LogP contribution in [-0.2, 0) is 15.6 Å². The Kier molecular flexibility index (Phi) is 7.41. The smallest absolute Gasteiger partial charge is 0.429 e. The van der Waals surface area contributed by atoms with E-state index in [0.717, 1.165) is 36.4 Å². The van der Waals surface area contributed by atoms with Crippen LogP contribution in [-0.4, -0.2) is 24.1 Å². The van der Waals surface area contributed by atoms with Crippen LogP contribution >= 0.6 is 0 Å². The van der Waals surface area contributed by atoms with Crippen molar-refractivity contribution in [1.82, 2.24) is 0 Å². The van der Waals surface area contributed by atoms with Crippen LogP contribution in [0.2, 0.25) is 0 Å². The van der Waals surface area contributed by atoms with E-state index in [9.17, 15) is 32.5 Å². The second kappa shape index (κ2) is 10.5. The molecular weight excluding hydrogens is 502 g/mol. The fourth-order valence-corrected chi connectivity index (χ4v) is 3.46. The summed E-state index contributed by atoms with van der Waals surface area (Å²) in [5.41, 5.74) is -1.94. The number of carbonyl (C=O) groups excluding carboxylic acids is 1. The van der Waals surface area contributed by atoms with Gasteiger partial charge in [-0.15, -0.1) is 0 Å². The average molecular weight is 521 g/mol. The second-order valence-corrected chi connectivity index (χ2v) is 8.25. The Balaban J connectivity index is 1.44. The van der Waals surface area contributed by atoms with Gasteiger partial charge < -0.3 is 18.9 Å². The molecule has 8 nitrogen and oxygen atoms in total. The molecule has 0 N–H and O–H groups in total. The minimum Gasteiger partial charge on any atom is -0.429 e. The van der Waals surface area contributed by atoms with Gasteiger partial charge in [0.1, 0.15) is 28.7 Å². The van der Waals surface area contributed by atoms with E-state index >= 15 is 0 Å². The summed E-state index contributed by atoms with van der Waals surface area (Å²) in [6.45, 7) is 2.42. The maximum atomic E-state index is 14.7. The second-order valence-electron chi connectivity index (χ2n) is 8.25. The number of benzene rings is 3. The van der Waals surface area contributed by atoms with E-state index in [1.54, 1.807) is 0 Å². The molecular formula is C25H19F4NO7. The number of rotatable bonds is 7. The van der Waals surface area contributed by atoms with E-state index < -0.39 is 46.2 Å². The number of halogens is 4. The highest BCUT2D eigenvalue weighted by molar-refractivity contribution is 5.91. The first-order chi connectivity index (χ1) is 17.5. The van der Waals surface area contributed by atoms with Crippen molar-refractivity contribution in [2.45, 2.75) is 19.3 Å². The molecule has 0 atom stereocenters. The van der Waals surface area contributed by atoms with Gasteiger partial charge in [-0.25, -0.2) is 13.6 Å². The number of nitrogens with zero attached hydrogens (tertiary/aromatic N) is 1. The van der Waals surface area contributed by atoms with Crippen LogP contribution < -0.4 is 9.47 Å². The maximum absolute atomic E-state index is 14.7. The topological polar surface area (TPSA) is 97.1 Å². The number of hydrogen-bond acceptors (Lipinski definition) is 7. The Morgan fingerprint density at radius 1 is 0.973 bits per heavy atom. The van der Waals surface area contributed by atoms with E-state index in [0.29, 0.717) is 12.1 Å². The zero-order chi connectivity index (χ0) is 26.7. The lowest BCUT2D eigenvalue weighted by atomic mass is 10.1. The summed E-state index contributed by atoms with van der Waals surface area (Å²) in [4.78, 5) is 22.3.